The first-order valence-electron chi connectivity index (χ1n) is 5.64. The van der Waals surface area contributed by atoms with Gasteiger partial charge in [0.2, 0.25) is 0 Å². The molecule has 1 amide bonds. The van der Waals surface area contributed by atoms with Gasteiger partial charge in [-0.2, -0.15) is 0 Å². The van der Waals surface area contributed by atoms with Crippen LogP contribution in [0.2, 0.25) is 0 Å². The van der Waals surface area contributed by atoms with Crippen LogP contribution in [0.1, 0.15) is 23.2 Å². The molecule has 0 unspecified atom stereocenters. The minimum Gasteiger partial charge on any atom is -0.384 e. The lowest BCUT2D eigenvalue weighted by molar-refractivity contribution is -0.385. The fraction of sp³-hybridized carbons (Fsp3) is 0.455. The Hall–Kier alpha value is -2.18. The molecule has 0 atom stereocenters. The Balaban J connectivity index is 2.26. The SMILES string of the molecule is CN(CC1CC1)C(=O)c1cc(N)ncc1[N+](=O)[O-]. The second kappa shape index (κ2) is 4.59. The Morgan fingerprint density at radius 1 is 1.67 bits per heavy atom. The molecule has 18 heavy (non-hydrogen) atoms. The molecule has 1 aliphatic carbocycles. The van der Waals surface area contributed by atoms with Gasteiger partial charge in [-0.3, -0.25) is 14.9 Å². The zero-order chi connectivity index (χ0) is 13.3. The number of carbonyl (C=O) groups is 1. The smallest absolute Gasteiger partial charge is 0.300 e. The molecule has 1 fully saturated rings. The molecule has 1 aromatic rings. The zero-order valence-electron chi connectivity index (χ0n) is 10.00. The number of aromatic nitrogens is 1. The Labute approximate surface area is 104 Å². The quantitative estimate of drug-likeness (QED) is 0.635. The number of nitro groups is 1. The fourth-order valence-corrected chi connectivity index (χ4v) is 1.76. The molecule has 0 radical (unpaired) electrons. The number of nitrogen functional groups attached to an aromatic ring is 1. The number of anilines is 1. The van der Waals surface area contributed by atoms with Gasteiger partial charge in [0.1, 0.15) is 17.6 Å². The third-order valence-corrected chi connectivity index (χ3v) is 2.91. The molecule has 1 heterocycles. The van der Waals surface area contributed by atoms with Crippen LogP contribution in [0.15, 0.2) is 12.3 Å². The molecule has 1 saturated carbocycles. The highest BCUT2D eigenvalue weighted by atomic mass is 16.6. The number of pyridine rings is 1. The number of hydrogen-bond acceptors (Lipinski definition) is 5. The minimum atomic E-state index is -0.620. The third kappa shape index (κ3) is 2.55. The highest BCUT2D eigenvalue weighted by Crippen LogP contribution is 2.30. The van der Waals surface area contributed by atoms with Crippen LogP contribution in [0.4, 0.5) is 11.5 Å². The van der Waals surface area contributed by atoms with Crippen molar-refractivity contribution in [3.05, 3.63) is 27.9 Å². The van der Waals surface area contributed by atoms with Crippen molar-refractivity contribution in [2.45, 2.75) is 12.8 Å². The van der Waals surface area contributed by atoms with Crippen LogP contribution < -0.4 is 5.73 Å². The summed E-state index contributed by atoms with van der Waals surface area (Å²) < 4.78 is 0. The zero-order valence-corrected chi connectivity index (χ0v) is 10.00. The van der Waals surface area contributed by atoms with E-state index in [1.165, 1.54) is 11.0 Å². The van der Waals surface area contributed by atoms with Crippen LogP contribution in [-0.4, -0.2) is 34.3 Å². The highest BCUT2D eigenvalue weighted by molar-refractivity contribution is 5.98. The monoisotopic (exact) mass is 250 g/mol. The standard InChI is InChI=1S/C11H14N4O3/c1-14(6-7-2-3-7)11(16)8-4-10(12)13-5-9(8)15(17)18/h4-5,7H,2-3,6H2,1H3,(H2,12,13). The van der Waals surface area contributed by atoms with Crippen molar-refractivity contribution in [1.29, 1.82) is 0 Å². The van der Waals surface area contributed by atoms with Gasteiger partial charge in [0.25, 0.3) is 11.6 Å². The molecule has 2 N–H and O–H groups in total. The van der Waals surface area contributed by atoms with Crippen LogP contribution in [0.5, 0.6) is 0 Å². The average molecular weight is 250 g/mol. The second-order valence-corrected chi connectivity index (χ2v) is 4.51. The van der Waals surface area contributed by atoms with E-state index in [0.717, 1.165) is 19.0 Å². The summed E-state index contributed by atoms with van der Waals surface area (Å²) in [6, 6.07) is 1.25. The molecule has 96 valence electrons. The summed E-state index contributed by atoms with van der Waals surface area (Å²) in [5, 5.41) is 10.8. The van der Waals surface area contributed by atoms with E-state index in [9.17, 15) is 14.9 Å². The maximum absolute atomic E-state index is 12.1. The number of nitrogens with zero attached hydrogens (tertiary/aromatic N) is 3. The van der Waals surface area contributed by atoms with Crippen molar-refractivity contribution >= 4 is 17.4 Å². The first-order chi connectivity index (χ1) is 8.49. The second-order valence-electron chi connectivity index (χ2n) is 4.51. The van der Waals surface area contributed by atoms with Crippen LogP contribution in [0, 0.1) is 16.0 Å². The van der Waals surface area contributed by atoms with Crippen molar-refractivity contribution in [2.24, 2.45) is 5.92 Å². The van der Waals surface area contributed by atoms with Gasteiger partial charge in [-0.1, -0.05) is 0 Å². The van der Waals surface area contributed by atoms with Gasteiger partial charge >= 0.3 is 0 Å². The first kappa shape index (κ1) is 12.3. The molecule has 7 heteroatoms. The third-order valence-electron chi connectivity index (χ3n) is 2.91. The van der Waals surface area contributed by atoms with Gasteiger partial charge in [-0.05, 0) is 24.8 Å². The summed E-state index contributed by atoms with van der Waals surface area (Å²) in [6.45, 7) is 0.623. The van der Waals surface area contributed by atoms with E-state index in [1.54, 1.807) is 7.05 Å². The van der Waals surface area contributed by atoms with E-state index < -0.39 is 4.92 Å². The number of nitrogens with two attached hydrogens (primary N) is 1. The Kier molecular flexibility index (Phi) is 3.14. The lowest BCUT2D eigenvalue weighted by atomic mass is 10.2. The minimum absolute atomic E-state index is 0.00403. The van der Waals surface area contributed by atoms with E-state index in [1.807, 2.05) is 0 Å². The van der Waals surface area contributed by atoms with Gasteiger partial charge in [0.05, 0.1) is 4.92 Å². The van der Waals surface area contributed by atoms with Crippen molar-refractivity contribution < 1.29 is 9.72 Å². The molecule has 0 spiro atoms. The van der Waals surface area contributed by atoms with E-state index in [2.05, 4.69) is 4.98 Å². The summed E-state index contributed by atoms with van der Waals surface area (Å²) in [5.41, 5.74) is 5.16. The number of hydrogen-bond donors (Lipinski definition) is 1. The summed E-state index contributed by atoms with van der Waals surface area (Å²) >= 11 is 0. The summed E-state index contributed by atoms with van der Waals surface area (Å²) in [7, 11) is 1.64. The predicted octanol–water partition coefficient (Wildman–Crippen LogP) is 1.05. The van der Waals surface area contributed by atoms with Crippen LogP contribution >= 0.6 is 0 Å². The van der Waals surface area contributed by atoms with Crippen molar-refractivity contribution in [2.75, 3.05) is 19.3 Å². The van der Waals surface area contributed by atoms with Gasteiger partial charge in [0.15, 0.2) is 0 Å². The number of carbonyl (C=O) groups excluding carboxylic acids is 1. The van der Waals surface area contributed by atoms with Gasteiger partial charge < -0.3 is 10.6 Å². The van der Waals surface area contributed by atoms with E-state index in [-0.39, 0.29) is 23.0 Å². The molecular formula is C11H14N4O3. The van der Waals surface area contributed by atoms with E-state index in [0.29, 0.717) is 12.5 Å². The average Bonchev–Trinajstić information content (AvgIpc) is 3.11. The maximum atomic E-state index is 12.1. The molecule has 0 saturated heterocycles. The van der Waals surface area contributed by atoms with E-state index in [4.69, 9.17) is 5.73 Å². The van der Waals surface area contributed by atoms with Crippen LogP contribution in [0.3, 0.4) is 0 Å². The van der Waals surface area contributed by atoms with Gasteiger partial charge in [0, 0.05) is 13.6 Å². The van der Waals surface area contributed by atoms with Crippen molar-refractivity contribution in [3.63, 3.8) is 0 Å². The van der Waals surface area contributed by atoms with Crippen LogP contribution in [0.25, 0.3) is 0 Å². The summed E-state index contributed by atoms with van der Waals surface area (Å²) in [5.74, 6) is 0.240. The number of rotatable bonds is 4. The van der Waals surface area contributed by atoms with Gasteiger partial charge in [-0.15, -0.1) is 0 Å². The highest BCUT2D eigenvalue weighted by Gasteiger charge is 2.28. The van der Waals surface area contributed by atoms with E-state index >= 15 is 0 Å². The molecule has 2 rings (SSSR count). The van der Waals surface area contributed by atoms with Crippen LogP contribution in [-0.2, 0) is 0 Å². The lowest BCUT2D eigenvalue weighted by Gasteiger charge is -2.16. The molecule has 0 aromatic carbocycles. The molecule has 0 bridgehead atoms. The normalized spacial score (nSPS) is 14.3. The number of amides is 1. The summed E-state index contributed by atoms with van der Waals surface area (Å²) in [4.78, 5) is 27.5. The molecule has 1 aliphatic rings. The maximum Gasteiger partial charge on any atom is 0.300 e. The largest absolute Gasteiger partial charge is 0.384 e. The Bertz CT molecular complexity index is 499. The van der Waals surface area contributed by atoms with Crippen molar-refractivity contribution in [1.82, 2.24) is 9.88 Å². The van der Waals surface area contributed by atoms with Crippen molar-refractivity contribution in [3.8, 4) is 0 Å². The predicted molar refractivity (Wildman–Crippen MR) is 65.0 cm³/mol. The molecule has 1 aromatic heterocycles. The lowest BCUT2D eigenvalue weighted by Crippen LogP contribution is -2.29. The Morgan fingerprint density at radius 3 is 2.89 bits per heavy atom. The Morgan fingerprint density at radius 2 is 2.33 bits per heavy atom. The topological polar surface area (TPSA) is 102 Å². The summed E-state index contributed by atoms with van der Waals surface area (Å²) in [6.07, 6.45) is 3.24. The first-order valence-corrected chi connectivity index (χ1v) is 5.64. The van der Waals surface area contributed by atoms with Gasteiger partial charge in [-0.25, -0.2) is 4.98 Å². The molecular weight excluding hydrogens is 236 g/mol. The molecule has 7 nitrogen and oxygen atoms in total. The fourth-order valence-electron chi connectivity index (χ4n) is 1.76. The molecule has 0 aliphatic heterocycles.